The molecule has 0 heterocycles. The second-order valence-electron chi connectivity index (χ2n) is 9.84. The van der Waals surface area contributed by atoms with Crippen LogP contribution in [0.1, 0.15) is 38.2 Å². The lowest BCUT2D eigenvalue weighted by Gasteiger charge is -2.32. The molecule has 10 heteroatoms. The SMILES string of the molecule is COc1cccc(CN(C(=O)CN(c2cccc(Cl)c2)S(=O)(=O)c2ccccc2)[C@H](C)C(=O)NC2CCCC2)c1. The molecule has 0 aliphatic heterocycles. The quantitative estimate of drug-likeness (QED) is 0.342. The molecule has 1 atom stereocenters. The van der Waals surface area contributed by atoms with Gasteiger partial charge in [0, 0.05) is 17.6 Å². The van der Waals surface area contributed by atoms with Crippen LogP contribution in [0.2, 0.25) is 5.02 Å². The first-order valence-electron chi connectivity index (χ1n) is 13.2. The van der Waals surface area contributed by atoms with Gasteiger partial charge in [0.05, 0.1) is 17.7 Å². The predicted octanol–water partition coefficient (Wildman–Crippen LogP) is 5.02. The van der Waals surface area contributed by atoms with Crippen LogP contribution >= 0.6 is 11.6 Å². The molecule has 1 N–H and O–H groups in total. The molecule has 8 nitrogen and oxygen atoms in total. The molecule has 0 aromatic heterocycles. The van der Waals surface area contributed by atoms with Gasteiger partial charge in [0.1, 0.15) is 18.3 Å². The lowest BCUT2D eigenvalue weighted by molar-refractivity contribution is -0.139. The number of halogens is 1. The number of anilines is 1. The van der Waals surface area contributed by atoms with Crippen molar-refractivity contribution >= 4 is 39.1 Å². The van der Waals surface area contributed by atoms with Crippen molar-refractivity contribution in [1.29, 1.82) is 0 Å². The fourth-order valence-electron chi connectivity index (χ4n) is 4.82. The van der Waals surface area contributed by atoms with E-state index in [1.807, 2.05) is 6.07 Å². The Morgan fingerprint density at radius 2 is 1.70 bits per heavy atom. The van der Waals surface area contributed by atoms with Gasteiger partial charge in [0.15, 0.2) is 0 Å². The zero-order valence-electron chi connectivity index (χ0n) is 22.6. The molecule has 0 unspecified atom stereocenters. The molecule has 4 rings (SSSR count). The highest BCUT2D eigenvalue weighted by Gasteiger charge is 2.33. The smallest absolute Gasteiger partial charge is 0.264 e. The number of carbonyl (C=O) groups is 2. The van der Waals surface area contributed by atoms with Crippen LogP contribution in [0.3, 0.4) is 0 Å². The molecule has 3 aromatic rings. The molecule has 1 saturated carbocycles. The minimum atomic E-state index is -4.14. The van der Waals surface area contributed by atoms with E-state index in [1.165, 1.54) is 23.1 Å². The summed E-state index contributed by atoms with van der Waals surface area (Å²) in [6.45, 7) is 1.23. The molecular weight excluding hydrogens is 550 g/mol. The van der Waals surface area contributed by atoms with Gasteiger partial charge in [0.25, 0.3) is 10.0 Å². The molecule has 1 fully saturated rings. The van der Waals surface area contributed by atoms with Crippen molar-refractivity contribution < 1.29 is 22.7 Å². The number of rotatable bonds is 11. The van der Waals surface area contributed by atoms with Gasteiger partial charge >= 0.3 is 0 Å². The Hall–Kier alpha value is -3.56. The Kier molecular flexibility index (Phi) is 9.71. The molecule has 0 radical (unpaired) electrons. The first-order chi connectivity index (χ1) is 19.2. The van der Waals surface area contributed by atoms with Crippen molar-refractivity contribution in [3.05, 3.63) is 89.4 Å². The summed E-state index contributed by atoms with van der Waals surface area (Å²) < 4.78 is 34.0. The summed E-state index contributed by atoms with van der Waals surface area (Å²) in [6.07, 6.45) is 3.91. The number of methoxy groups -OCH3 is 1. The average Bonchev–Trinajstić information content (AvgIpc) is 3.47. The van der Waals surface area contributed by atoms with Gasteiger partial charge in [-0.2, -0.15) is 0 Å². The summed E-state index contributed by atoms with van der Waals surface area (Å²) in [7, 11) is -2.59. The topological polar surface area (TPSA) is 96.0 Å². The first-order valence-corrected chi connectivity index (χ1v) is 15.1. The van der Waals surface area contributed by atoms with Crippen LogP contribution in [0.15, 0.2) is 83.8 Å². The second-order valence-corrected chi connectivity index (χ2v) is 12.1. The number of nitrogens with zero attached hydrogens (tertiary/aromatic N) is 2. The summed E-state index contributed by atoms with van der Waals surface area (Å²) in [5, 5.41) is 3.39. The zero-order chi connectivity index (χ0) is 28.7. The van der Waals surface area contributed by atoms with Crippen LogP contribution < -0.4 is 14.4 Å². The van der Waals surface area contributed by atoms with E-state index in [9.17, 15) is 18.0 Å². The van der Waals surface area contributed by atoms with E-state index in [0.29, 0.717) is 10.8 Å². The number of hydrogen-bond acceptors (Lipinski definition) is 5. The summed E-state index contributed by atoms with van der Waals surface area (Å²) in [5.41, 5.74) is 0.988. The van der Waals surface area contributed by atoms with E-state index >= 15 is 0 Å². The molecular formula is C30H34ClN3O5S. The highest BCUT2D eigenvalue weighted by Crippen LogP contribution is 2.27. The van der Waals surface area contributed by atoms with Crippen molar-refractivity contribution in [2.75, 3.05) is 18.0 Å². The molecule has 1 aliphatic rings. The highest BCUT2D eigenvalue weighted by molar-refractivity contribution is 7.92. The maximum absolute atomic E-state index is 14.0. The van der Waals surface area contributed by atoms with Crippen molar-refractivity contribution in [3.8, 4) is 5.75 Å². The number of amides is 2. The summed E-state index contributed by atoms with van der Waals surface area (Å²) in [6, 6.07) is 20.7. The minimum absolute atomic E-state index is 0.0362. The maximum Gasteiger partial charge on any atom is 0.264 e. The van der Waals surface area contributed by atoms with E-state index in [1.54, 1.807) is 68.6 Å². The van der Waals surface area contributed by atoms with Crippen LogP contribution in [-0.4, -0.2) is 50.9 Å². The number of benzene rings is 3. The normalized spacial score (nSPS) is 14.4. The van der Waals surface area contributed by atoms with Crippen molar-refractivity contribution in [2.24, 2.45) is 0 Å². The Morgan fingerprint density at radius 1 is 1.00 bits per heavy atom. The highest BCUT2D eigenvalue weighted by atomic mass is 35.5. The lowest BCUT2D eigenvalue weighted by atomic mass is 10.1. The number of nitrogens with one attached hydrogen (secondary N) is 1. The average molecular weight is 584 g/mol. The van der Waals surface area contributed by atoms with Crippen molar-refractivity contribution in [1.82, 2.24) is 10.2 Å². The van der Waals surface area contributed by atoms with Gasteiger partial charge in [-0.15, -0.1) is 0 Å². The number of hydrogen-bond donors (Lipinski definition) is 1. The predicted molar refractivity (Wildman–Crippen MR) is 156 cm³/mol. The van der Waals surface area contributed by atoms with Crippen LogP contribution in [-0.2, 0) is 26.2 Å². The van der Waals surface area contributed by atoms with E-state index in [2.05, 4.69) is 5.32 Å². The molecule has 0 bridgehead atoms. The van der Waals surface area contributed by atoms with Gasteiger partial charge in [-0.25, -0.2) is 8.42 Å². The van der Waals surface area contributed by atoms with E-state index in [4.69, 9.17) is 16.3 Å². The Labute approximate surface area is 240 Å². The second kappa shape index (κ2) is 13.2. The third kappa shape index (κ3) is 7.14. The molecule has 40 heavy (non-hydrogen) atoms. The third-order valence-corrected chi connectivity index (χ3v) is 9.09. The van der Waals surface area contributed by atoms with E-state index in [0.717, 1.165) is 35.6 Å². The van der Waals surface area contributed by atoms with E-state index in [-0.39, 0.29) is 29.1 Å². The van der Waals surface area contributed by atoms with Gasteiger partial charge in [-0.05, 0) is 67.8 Å². The minimum Gasteiger partial charge on any atom is -0.497 e. The lowest BCUT2D eigenvalue weighted by Crippen LogP contribution is -2.52. The maximum atomic E-state index is 14.0. The molecule has 2 amide bonds. The van der Waals surface area contributed by atoms with Crippen LogP contribution in [0, 0.1) is 0 Å². The Bertz CT molecular complexity index is 1430. The first kappa shape index (κ1) is 29.4. The Morgan fingerprint density at radius 3 is 2.38 bits per heavy atom. The summed E-state index contributed by atoms with van der Waals surface area (Å²) in [5.74, 6) is -0.195. The van der Waals surface area contributed by atoms with Gasteiger partial charge in [-0.3, -0.25) is 13.9 Å². The molecule has 212 valence electrons. The van der Waals surface area contributed by atoms with Crippen LogP contribution in [0.5, 0.6) is 5.75 Å². The number of sulfonamides is 1. The summed E-state index contributed by atoms with van der Waals surface area (Å²) >= 11 is 6.21. The Balaban J connectivity index is 1.68. The molecule has 3 aromatic carbocycles. The zero-order valence-corrected chi connectivity index (χ0v) is 24.2. The van der Waals surface area contributed by atoms with Crippen LogP contribution in [0.4, 0.5) is 5.69 Å². The van der Waals surface area contributed by atoms with Crippen molar-refractivity contribution in [3.63, 3.8) is 0 Å². The third-order valence-electron chi connectivity index (χ3n) is 7.06. The number of carbonyl (C=O) groups excluding carboxylic acids is 2. The standard InChI is InChI=1S/C30H34ClN3O5S/c1-22(30(36)32-25-12-6-7-13-25)33(20-23-10-8-15-27(18-23)39-2)29(35)21-34(26-14-9-11-24(31)19-26)40(37,38)28-16-4-3-5-17-28/h3-5,8-11,14-19,22,25H,6-7,12-13,20-21H2,1-2H3,(H,32,36)/t22-/m1/s1. The van der Waals surface area contributed by atoms with Crippen LogP contribution in [0.25, 0.3) is 0 Å². The monoisotopic (exact) mass is 583 g/mol. The van der Waals surface area contributed by atoms with Gasteiger partial charge in [0.2, 0.25) is 11.8 Å². The van der Waals surface area contributed by atoms with Gasteiger partial charge in [-0.1, -0.05) is 60.8 Å². The van der Waals surface area contributed by atoms with Gasteiger partial charge < -0.3 is 15.0 Å². The summed E-state index contributed by atoms with van der Waals surface area (Å²) in [4.78, 5) is 28.8. The fraction of sp³-hybridized carbons (Fsp3) is 0.333. The molecule has 0 spiro atoms. The molecule has 1 aliphatic carbocycles. The molecule has 0 saturated heterocycles. The fourth-order valence-corrected chi connectivity index (χ4v) is 6.43. The number of ether oxygens (including phenoxy) is 1. The van der Waals surface area contributed by atoms with E-state index < -0.39 is 28.5 Å². The largest absolute Gasteiger partial charge is 0.497 e. The van der Waals surface area contributed by atoms with Crippen molar-refractivity contribution in [2.45, 2.75) is 56.1 Å².